The summed E-state index contributed by atoms with van der Waals surface area (Å²) in [6, 6.07) is 3.53. The van der Waals surface area contributed by atoms with Crippen LogP contribution in [0.2, 0.25) is 0 Å². The maximum Gasteiger partial charge on any atom is 0.257 e. The topological polar surface area (TPSA) is 74.7 Å². The number of hydrogen-bond acceptors (Lipinski definition) is 5. The van der Waals surface area contributed by atoms with Crippen molar-refractivity contribution in [1.82, 2.24) is 15.2 Å². The van der Waals surface area contributed by atoms with Crippen LogP contribution in [0.4, 0.5) is 8.78 Å². The number of nitrogens with one attached hydrogen (secondary N) is 1. The van der Waals surface area contributed by atoms with Gasteiger partial charge in [0.25, 0.3) is 11.8 Å². The molecule has 170 valence electrons. The van der Waals surface area contributed by atoms with Crippen LogP contribution in [-0.2, 0) is 22.1 Å². The Morgan fingerprint density at radius 2 is 2.06 bits per heavy atom. The standard InChI is InChI=1S/C23H26F2N4O2S/c1-23(24,25)15-29-10-7-19(8-11-29)32(31)20-4-3-18(27-14-20)13-28-22(30)17-2-5-21-16(12-17)6-9-26-21/h2-6,9,12,14,16,19H,7-8,10-11,13,15H2,1H3,(H,28,30). The number of aliphatic imine (C=N–C) groups is 1. The van der Waals surface area contributed by atoms with Gasteiger partial charge in [-0.3, -0.25) is 23.9 Å². The highest BCUT2D eigenvalue weighted by Gasteiger charge is 2.30. The molecule has 0 spiro atoms. The average molecular weight is 461 g/mol. The molecule has 0 saturated carbocycles. The lowest BCUT2D eigenvalue weighted by molar-refractivity contribution is -0.117. The van der Waals surface area contributed by atoms with E-state index in [4.69, 9.17) is 0 Å². The van der Waals surface area contributed by atoms with Crippen molar-refractivity contribution in [2.75, 3.05) is 19.6 Å². The van der Waals surface area contributed by atoms with Crippen molar-refractivity contribution < 1.29 is 17.8 Å². The summed E-state index contributed by atoms with van der Waals surface area (Å²) < 4.78 is 39.2. The second kappa shape index (κ2) is 9.54. The zero-order valence-electron chi connectivity index (χ0n) is 17.8. The fourth-order valence-electron chi connectivity index (χ4n) is 4.05. The van der Waals surface area contributed by atoms with E-state index in [9.17, 15) is 17.8 Å². The minimum absolute atomic E-state index is 0.0541. The maximum absolute atomic E-state index is 13.2. The molecule has 3 aliphatic rings. The Morgan fingerprint density at radius 1 is 1.28 bits per heavy atom. The Morgan fingerprint density at radius 3 is 2.75 bits per heavy atom. The van der Waals surface area contributed by atoms with E-state index < -0.39 is 16.7 Å². The number of nitrogens with zero attached hydrogens (tertiary/aromatic N) is 3. The van der Waals surface area contributed by atoms with Crippen molar-refractivity contribution in [2.45, 2.75) is 42.4 Å². The van der Waals surface area contributed by atoms with Crippen molar-refractivity contribution in [1.29, 1.82) is 0 Å². The van der Waals surface area contributed by atoms with Gasteiger partial charge in [-0.1, -0.05) is 12.2 Å². The van der Waals surface area contributed by atoms with E-state index in [2.05, 4.69) is 15.3 Å². The number of aromatic nitrogens is 1. The largest absolute Gasteiger partial charge is 0.346 e. The Balaban J connectivity index is 1.27. The fourth-order valence-corrected chi connectivity index (χ4v) is 5.43. The molecule has 1 fully saturated rings. The van der Waals surface area contributed by atoms with Crippen LogP contribution in [0.25, 0.3) is 0 Å². The summed E-state index contributed by atoms with van der Waals surface area (Å²) in [4.78, 5) is 23.4. The quantitative estimate of drug-likeness (QED) is 0.679. The number of allylic oxidation sites excluding steroid dienone is 3. The van der Waals surface area contributed by atoms with Crippen LogP contribution >= 0.6 is 0 Å². The van der Waals surface area contributed by atoms with Gasteiger partial charge in [0.1, 0.15) is 0 Å². The third kappa shape index (κ3) is 5.63. The number of fused-ring (bicyclic) bond motifs is 1. The summed E-state index contributed by atoms with van der Waals surface area (Å²) in [5.74, 6) is -2.84. The second-order valence-electron chi connectivity index (χ2n) is 8.39. The van der Waals surface area contributed by atoms with E-state index >= 15 is 0 Å². The molecule has 0 aromatic carbocycles. The summed E-state index contributed by atoms with van der Waals surface area (Å²) >= 11 is 0. The van der Waals surface area contributed by atoms with Crippen LogP contribution in [-0.4, -0.2) is 56.5 Å². The summed E-state index contributed by atoms with van der Waals surface area (Å²) in [5, 5.41) is 2.79. The number of likely N-dealkylation sites (tertiary alicyclic amines) is 1. The molecule has 0 bridgehead atoms. The number of amides is 1. The van der Waals surface area contributed by atoms with Gasteiger partial charge >= 0.3 is 0 Å². The molecule has 3 heterocycles. The molecule has 1 aliphatic carbocycles. The molecule has 32 heavy (non-hydrogen) atoms. The van der Waals surface area contributed by atoms with Gasteiger partial charge in [-0.05, 0) is 50.2 Å². The lowest BCUT2D eigenvalue weighted by atomic mass is 9.95. The van der Waals surface area contributed by atoms with Crippen LogP contribution in [0, 0.1) is 5.92 Å². The predicted octanol–water partition coefficient (Wildman–Crippen LogP) is 3.01. The van der Waals surface area contributed by atoms with Crippen LogP contribution in [0.1, 0.15) is 25.5 Å². The number of piperidine rings is 1. The number of rotatable bonds is 7. The van der Waals surface area contributed by atoms with Gasteiger partial charge in [0, 0.05) is 36.1 Å². The summed E-state index contributed by atoms with van der Waals surface area (Å²) in [5.41, 5.74) is 2.19. The molecule has 4 rings (SSSR count). The van der Waals surface area contributed by atoms with E-state index in [-0.39, 0.29) is 30.2 Å². The van der Waals surface area contributed by atoms with Crippen molar-refractivity contribution >= 4 is 22.4 Å². The molecular formula is C23H26F2N4O2S. The molecule has 2 unspecified atom stereocenters. The minimum atomic E-state index is -2.71. The monoisotopic (exact) mass is 460 g/mol. The average Bonchev–Trinajstić information content (AvgIpc) is 3.25. The number of hydrogen-bond donors (Lipinski definition) is 1. The van der Waals surface area contributed by atoms with E-state index in [1.165, 1.54) is 0 Å². The van der Waals surface area contributed by atoms with Crippen LogP contribution in [0.5, 0.6) is 0 Å². The molecule has 2 aliphatic heterocycles. The van der Waals surface area contributed by atoms with Gasteiger partial charge in [-0.2, -0.15) is 0 Å². The number of carbonyl (C=O) groups is 1. The van der Waals surface area contributed by atoms with Crippen LogP contribution in [0.3, 0.4) is 0 Å². The number of pyridine rings is 1. The van der Waals surface area contributed by atoms with E-state index in [0.717, 1.165) is 12.6 Å². The summed E-state index contributed by atoms with van der Waals surface area (Å²) in [6.07, 6.45) is 12.0. The first kappa shape index (κ1) is 22.7. The van der Waals surface area contributed by atoms with Gasteiger partial charge < -0.3 is 5.32 Å². The predicted molar refractivity (Wildman–Crippen MR) is 120 cm³/mol. The van der Waals surface area contributed by atoms with Crippen molar-refractivity contribution in [3.05, 3.63) is 60.1 Å². The zero-order chi connectivity index (χ0) is 22.7. The highest BCUT2D eigenvalue weighted by molar-refractivity contribution is 7.85. The third-order valence-electron chi connectivity index (χ3n) is 5.71. The lowest BCUT2D eigenvalue weighted by Gasteiger charge is -2.32. The molecule has 1 saturated heterocycles. The van der Waals surface area contributed by atoms with E-state index in [1.807, 2.05) is 18.2 Å². The smallest absolute Gasteiger partial charge is 0.257 e. The highest BCUT2D eigenvalue weighted by Crippen LogP contribution is 2.24. The van der Waals surface area contributed by atoms with Gasteiger partial charge in [0.05, 0.1) is 40.2 Å². The first-order valence-electron chi connectivity index (χ1n) is 10.7. The normalized spacial score (nSPS) is 22.3. The molecule has 1 N–H and O–H groups in total. The molecule has 2 atom stereocenters. The minimum Gasteiger partial charge on any atom is -0.346 e. The Labute approximate surface area is 188 Å². The summed E-state index contributed by atoms with van der Waals surface area (Å²) in [7, 11) is -1.24. The van der Waals surface area contributed by atoms with Gasteiger partial charge in [-0.25, -0.2) is 8.78 Å². The molecule has 1 aromatic heterocycles. The van der Waals surface area contributed by atoms with Crippen molar-refractivity contribution in [2.24, 2.45) is 10.9 Å². The van der Waals surface area contributed by atoms with Gasteiger partial charge in [0.2, 0.25) is 0 Å². The Kier molecular flexibility index (Phi) is 6.76. The summed E-state index contributed by atoms with van der Waals surface area (Å²) in [6.45, 7) is 1.97. The zero-order valence-corrected chi connectivity index (χ0v) is 18.7. The second-order valence-corrected chi connectivity index (χ2v) is 10.1. The lowest BCUT2D eigenvalue weighted by Crippen LogP contribution is -2.42. The molecule has 0 radical (unpaired) electrons. The van der Waals surface area contributed by atoms with Gasteiger partial charge in [0.15, 0.2) is 0 Å². The molecular weight excluding hydrogens is 434 g/mol. The third-order valence-corrected chi connectivity index (χ3v) is 7.50. The fraction of sp³-hybridized carbons (Fsp3) is 0.435. The number of carbonyl (C=O) groups excluding carboxylic acids is 1. The molecule has 1 aromatic rings. The van der Waals surface area contributed by atoms with Crippen LogP contribution < -0.4 is 5.32 Å². The highest BCUT2D eigenvalue weighted by atomic mass is 32.2. The van der Waals surface area contributed by atoms with Crippen molar-refractivity contribution in [3.63, 3.8) is 0 Å². The van der Waals surface area contributed by atoms with Crippen LogP contribution in [0.15, 0.2) is 64.3 Å². The Bertz CT molecular complexity index is 1000. The molecule has 1 amide bonds. The number of alkyl halides is 2. The first-order valence-corrected chi connectivity index (χ1v) is 11.9. The maximum atomic E-state index is 13.2. The molecule has 9 heteroatoms. The van der Waals surface area contributed by atoms with E-state index in [1.54, 1.807) is 35.5 Å². The first-order chi connectivity index (χ1) is 15.3. The van der Waals surface area contributed by atoms with Gasteiger partial charge in [-0.15, -0.1) is 0 Å². The molecule has 6 nitrogen and oxygen atoms in total. The Hall–Kier alpha value is -2.52. The number of halogens is 2. The van der Waals surface area contributed by atoms with Crippen molar-refractivity contribution in [3.8, 4) is 0 Å². The SMILES string of the molecule is CC(F)(F)CN1CCC(S(=O)c2ccc(CNC(=O)C3=CC4C=CN=C4C=C3)nc2)CC1. The van der Waals surface area contributed by atoms with E-state index in [0.29, 0.717) is 42.1 Å².